The number of thiazole rings is 1. The lowest BCUT2D eigenvalue weighted by atomic mass is 10.2. The lowest BCUT2D eigenvalue weighted by molar-refractivity contribution is 0.393. The number of ether oxygens (including phenoxy) is 3. The van der Waals surface area contributed by atoms with Crippen molar-refractivity contribution in [2.45, 2.75) is 0 Å². The Kier molecular flexibility index (Phi) is 5.49. The summed E-state index contributed by atoms with van der Waals surface area (Å²) in [6.07, 6.45) is 5.43. The van der Waals surface area contributed by atoms with Crippen LogP contribution >= 0.6 is 11.3 Å². The van der Waals surface area contributed by atoms with Crippen molar-refractivity contribution in [3.8, 4) is 17.2 Å². The van der Waals surface area contributed by atoms with Crippen LogP contribution in [0.15, 0.2) is 47.3 Å². The molecule has 0 aliphatic carbocycles. The first-order valence-electron chi connectivity index (χ1n) is 9.06. The molecular formula is C22H19N3O4S. The van der Waals surface area contributed by atoms with E-state index in [0.717, 1.165) is 16.9 Å². The van der Waals surface area contributed by atoms with Gasteiger partial charge < -0.3 is 14.2 Å². The summed E-state index contributed by atoms with van der Waals surface area (Å²) >= 11 is 1.28. The number of methoxy groups -OCH3 is 3. The predicted octanol–water partition coefficient (Wildman–Crippen LogP) is 2.89. The fourth-order valence-corrected chi connectivity index (χ4v) is 3.79. The molecule has 0 aliphatic rings. The summed E-state index contributed by atoms with van der Waals surface area (Å²) in [4.78, 5) is 17.7. The highest BCUT2D eigenvalue weighted by Crippen LogP contribution is 2.25. The molecule has 0 unspecified atom stereocenters. The van der Waals surface area contributed by atoms with Crippen LogP contribution in [0.5, 0.6) is 17.2 Å². The minimum Gasteiger partial charge on any atom is -0.497 e. The summed E-state index contributed by atoms with van der Waals surface area (Å²) in [5, 5.41) is 4.31. The second kappa shape index (κ2) is 8.38. The summed E-state index contributed by atoms with van der Waals surface area (Å²) in [6, 6.07) is 13.1. The molecule has 30 heavy (non-hydrogen) atoms. The maximum absolute atomic E-state index is 12.7. The summed E-state index contributed by atoms with van der Waals surface area (Å²) in [5.41, 5.74) is 1.54. The van der Waals surface area contributed by atoms with E-state index in [2.05, 4.69) is 10.1 Å². The van der Waals surface area contributed by atoms with Crippen LogP contribution in [-0.4, -0.2) is 35.9 Å². The highest BCUT2D eigenvalue weighted by atomic mass is 32.1. The van der Waals surface area contributed by atoms with Crippen LogP contribution in [0, 0.1) is 0 Å². The van der Waals surface area contributed by atoms with Crippen molar-refractivity contribution in [2.75, 3.05) is 21.3 Å². The van der Waals surface area contributed by atoms with Crippen molar-refractivity contribution in [2.24, 2.45) is 0 Å². The molecule has 0 radical (unpaired) electrons. The molecule has 0 bridgehead atoms. The molecule has 0 amide bonds. The highest BCUT2D eigenvalue weighted by Gasteiger charge is 2.10. The Bertz CT molecular complexity index is 1320. The molecule has 0 saturated heterocycles. The van der Waals surface area contributed by atoms with E-state index in [0.29, 0.717) is 26.8 Å². The zero-order valence-corrected chi connectivity index (χ0v) is 17.5. The number of hydrogen-bond donors (Lipinski definition) is 0. The molecule has 4 rings (SSSR count). The Labute approximate surface area is 176 Å². The first-order chi connectivity index (χ1) is 14.6. The Balaban J connectivity index is 1.65. The number of benzene rings is 2. The Morgan fingerprint density at radius 1 is 0.933 bits per heavy atom. The molecule has 8 heteroatoms. The lowest BCUT2D eigenvalue weighted by Crippen LogP contribution is -2.23. The zero-order valence-electron chi connectivity index (χ0n) is 16.7. The first-order valence-corrected chi connectivity index (χ1v) is 9.88. The quantitative estimate of drug-likeness (QED) is 0.477. The van der Waals surface area contributed by atoms with E-state index in [1.54, 1.807) is 39.5 Å². The van der Waals surface area contributed by atoms with E-state index in [4.69, 9.17) is 14.2 Å². The molecule has 2 aromatic heterocycles. The normalized spacial score (nSPS) is 12.0. The Morgan fingerprint density at radius 2 is 1.67 bits per heavy atom. The number of rotatable bonds is 6. The SMILES string of the molecule is COc1ccc(C=Cc2nc3sc(=Cc4ccc(OC)cc4OC)c(=O)n3n2)cc1. The van der Waals surface area contributed by atoms with E-state index in [1.807, 2.05) is 42.5 Å². The molecule has 4 aromatic rings. The van der Waals surface area contributed by atoms with E-state index in [9.17, 15) is 4.79 Å². The summed E-state index contributed by atoms with van der Waals surface area (Å²) < 4.78 is 17.6. The standard InChI is InChI=1S/C22H19N3O4S/c1-27-16-8-4-14(5-9-16)6-11-20-23-22-25(24-20)21(26)19(30-22)12-15-7-10-17(28-2)13-18(15)29-3/h4-13H,1-3H3. The van der Waals surface area contributed by atoms with Gasteiger partial charge in [-0.25, -0.2) is 0 Å². The molecule has 2 heterocycles. The van der Waals surface area contributed by atoms with Crippen LogP contribution in [0.3, 0.4) is 0 Å². The van der Waals surface area contributed by atoms with Gasteiger partial charge in [0, 0.05) is 11.6 Å². The maximum Gasteiger partial charge on any atom is 0.291 e. The topological polar surface area (TPSA) is 75.0 Å². The molecule has 2 aromatic carbocycles. The highest BCUT2D eigenvalue weighted by molar-refractivity contribution is 7.15. The van der Waals surface area contributed by atoms with Gasteiger partial charge in [0.05, 0.1) is 25.9 Å². The molecule has 7 nitrogen and oxygen atoms in total. The molecule has 152 valence electrons. The van der Waals surface area contributed by atoms with Crippen molar-refractivity contribution in [3.63, 3.8) is 0 Å². The van der Waals surface area contributed by atoms with Crippen molar-refractivity contribution >= 4 is 34.5 Å². The van der Waals surface area contributed by atoms with Crippen LogP contribution < -0.4 is 24.3 Å². The van der Waals surface area contributed by atoms with Crippen molar-refractivity contribution in [1.82, 2.24) is 14.6 Å². The minimum atomic E-state index is -0.218. The van der Waals surface area contributed by atoms with Crippen LogP contribution in [0.4, 0.5) is 0 Å². The fraction of sp³-hybridized carbons (Fsp3) is 0.136. The third-order valence-electron chi connectivity index (χ3n) is 4.47. The van der Waals surface area contributed by atoms with Gasteiger partial charge >= 0.3 is 0 Å². The molecule has 0 spiro atoms. The van der Waals surface area contributed by atoms with Gasteiger partial charge in [0.25, 0.3) is 5.56 Å². The van der Waals surface area contributed by atoms with Gasteiger partial charge in [-0.1, -0.05) is 29.5 Å². The zero-order chi connectivity index (χ0) is 21.1. The van der Waals surface area contributed by atoms with Gasteiger partial charge in [-0.15, -0.1) is 5.10 Å². The second-order valence-corrected chi connectivity index (χ2v) is 7.30. The first kappa shape index (κ1) is 19.7. The Morgan fingerprint density at radius 3 is 2.33 bits per heavy atom. The number of fused-ring (bicyclic) bond motifs is 1. The molecule has 0 fully saturated rings. The summed E-state index contributed by atoms with van der Waals surface area (Å²) in [5.74, 6) is 2.57. The third-order valence-corrected chi connectivity index (χ3v) is 5.43. The van der Waals surface area contributed by atoms with E-state index >= 15 is 0 Å². The van der Waals surface area contributed by atoms with Crippen LogP contribution in [-0.2, 0) is 0 Å². The van der Waals surface area contributed by atoms with Crippen LogP contribution in [0.2, 0.25) is 0 Å². The van der Waals surface area contributed by atoms with Gasteiger partial charge in [-0.05, 0) is 42.0 Å². The van der Waals surface area contributed by atoms with Crippen LogP contribution in [0.1, 0.15) is 17.0 Å². The number of nitrogens with zero attached hydrogens (tertiary/aromatic N) is 3. The van der Waals surface area contributed by atoms with Gasteiger partial charge in [0.15, 0.2) is 5.82 Å². The van der Waals surface area contributed by atoms with Gasteiger partial charge in [0.1, 0.15) is 17.2 Å². The van der Waals surface area contributed by atoms with E-state index in [1.165, 1.54) is 15.9 Å². The van der Waals surface area contributed by atoms with Crippen molar-refractivity contribution < 1.29 is 14.2 Å². The minimum absolute atomic E-state index is 0.218. The average Bonchev–Trinajstić information content (AvgIpc) is 3.31. The van der Waals surface area contributed by atoms with Crippen molar-refractivity contribution in [1.29, 1.82) is 0 Å². The predicted molar refractivity (Wildman–Crippen MR) is 117 cm³/mol. The number of aromatic nitrogens is 3. The van der Waals surface area contributed by atoms with Gasteiger partial charge in [0.2, 0.25) is 4.96 Å². The summed E-state index contributed by atoms with van der Waals surface area (Å²) in [7, 11) is 4.80. The molecule has 0 aliphatic heterocycles. The van der Waals surface area contributed by atoms with Gasteiger partial charge in [-0.2, -0.15) is 9.50 Å². The van der Waals surface area contributed by atoms with E-state index in [-0.39, 0.29) is 5.56 Å². The maximum atomic E-state index is 12.7. The summed E-state index contributed by atoms with van der Waals surface area (Å²) in [6.45, 7) is 0. The fourth-order valence-electron chi connectivity index (χ4n) is 2.88. The average molecular weight is 421 g/mol. The second-order valence-electron chi connectivity index (χ2n) is 6.29. The molecule has 0 saturated carbocycles. The molecular weight excluding hydrogens is 402 g/mol. The molecule has 0 N–H and O–H groups in total. The van der Waals surface area contributed by atoms with E-state index < -0.39 is 0 Å². The molecule has 0 atom stereocenters. The van der Waals surface area contributed by atoms with Crippen molar-refractivity contribution in [3.05, 3.63) is 74.3 Å². The van der Waals surface area contributed by atoms with Gasteiger partial charge in [-0.3, -0.25) is 4.79 Å². The van der Waals surface area contributed by atoms with Crippen LogP contribution in [0.25, 0.3) is 23.2 Å². The monoisotopic (exact) mass is 421 g/mol. The third kappa shape index (κ3) is 3.90. The lowest BCUT2D eigenvalue weighted by Gasteiger charge is -2.06. The largest absolute Gasteiger partial charge is 0.497 e. The Hall–Kier alpha value is -3.65. The number of hydrogen-bond acceptors (Lipinski definition) is 7. The smallest absolute Gasteiger partial charge is 0.291 e.